The van der Waals surface area contributed by atoms with Crippen LogP contribution in [0.3, 0.4) is 0 Å². The Morgan fingerprint density at radius 3 is 2.50 bits per heavy atom. The van der Waals surface area contributed by atoms with Crippen molar-refractivity contribution in [3.63, 3.8) is 0 Å². The Kier molecular flexibility index (Phi) is 4.27. The fourth-order valence-corrected chi connectivity index (χ4v) is 2.47. The molecular formula is C16H18IN. The fraction of sp³-hybridized carbons (Fsp3) is 0.250. The van der Waals surface area contributed by atoms with E-state index in [0.717, 1.165) is 0 Å². The zero-order valence-corrected chi connectivity index (χ0v) is 13.2. The molecule has 0 fully saturated rings. The van der Waals surface area contributed by atoms with Crippen molar-refractivity contribution in [2.45, 2.75) is 26.8 Å². The predicted octanol–water partition coefficient (Wildman–Crippen LogP) is 5.08. The topological polar surface area (TPSA) is 12.0 Å². The molecule has 0 amide bonds. The van der Waals surface area contributed by atoms with Crippen LogP contribution in [0.15, 0.2) is 42.5 Å². The van der Waals surface area contributed by atoms with Crippen molar-refractivity contribution in [3.8, 4) is 0 Å². The molecule has 1 N–H and O–H groups in total. The normalized spacial score (nSPS) is 12.2. The summed E-state index contributed by atoms with van der Waals surface area (Å²) >= 11 is 2.38. The standard InChI is InChI=1S/C16H18IN/c1-11-5-4-6-14(9-11)13(3)18-15-8-7-12(2)16(17)10-15/h4-10,13,18H,1-3H3. The van der Waals surface area contributed by atoms with E-state index in [2.05, 4.69) is 91.1 Å². The van der Waals surface area contributed by atoms with E-state index in [1.165, 1.54) is 25.9 Å². The lowest BCUT2D eigenvalue weighted by Crippen LogP contribution is -2.06. The van der Waals surface area contributed by atoms with Gasteiger partial charge in [-0.2, -0.15) is 0 Å². The maximum absolute atomic E-state index is 3.55. The van der Waals surface area contributed by atoms with Gasteiger partial charge in [-0.15, -0.1) is 0 Å². The Morgan fingerprint density at radius 1 is 1.06 bits per heavy atom. The summed E-state index contributed by atoms with van der Waals surface area (Å²) in [5, 5.41) is 3.55. The van der Waals surface area contributed by atoms with E-state index >= 15 is 0 Å². The van der Waals surface area contributed by atoms with E-state index in [0.29, 0.717) is 6.04 Å². The van der Waals surface area contributed by atoms with Crippen LogP contribution in [0, 0.1) is 17.4 Å². The lowest BCUT2D eigenvalue weighted by Gasteiger charge is -2.17. The summed E-state index contributed by atoms with van der Waals surface area (Å²) in [6, 6.07) is 15.5. The number of hydrogen-bond donors (Lipinski definition) is 1. The molecule has 2 aromatic rings. The van der Waals surface area contributed by atoms with Crippen LogP contribution in [0.25, 0.3) is 0 Å². The van der Waals surface area contributed by atoms with Gasteiger partial charge >= 0.3 is 0 Å². The Hall–Kier alpha value is -1.03. The first-order chi connectivity index (χ1) is 8.56. The monoisotopic (exact) mass is 351 g/mol. The van der Waals surface area contributed by atoms with Crippen LogP contribution in [0.2, 0.25) is 0 Å². The molecule has 0 saturated heterocycles. The summed E-state index contributed by atoms with van der Waals surface area (Å²) in [5.41, 5.74) is 5.13. The van der Waals surface area contributed by atoms with Crippen molar-refractivity contribution in [1.82, 2.24) is 0 Å². The number of nitrogens with one attached hydrogen (secondary N) is 1. The third kappa shape index (κ3) is 3.25. The van der Waals surface area contributed by atoms with Crippen molar-refractivity contribution >= 4 is 28.3 Å². The molecule has 0 spiro atoms. The van der Waals surface area contributed by atoms with Gasteiger partial charge in [0, 0.05) is 15.3 Å². The highest BCUT2D eigenvalue weighted by Gasteiger charge is 2.06. The molecule has 1 nitrogen and oxygen atoms in total. The second-order valence-corrected chi connectivity index (χ2v) is 5.91. The molecule has 0 bridgehead atoms. The number of anilines is 1. The van der Waals surface area contributed by atoms with Crippen LogP contribution < -0.4 is 5.32 Å². The fourth-order valence-electron chi connectivity index (χ4n) is 1.96. The molecule has 0 heterocycles. The third-order valence-corrected chi connectivity index (χ3v) is 4.26. The third-order valence-electron chi connectivity index (χ3n) is 3.10. The number of benzene rings is 2. The SMILES string of the molecule is Cc1cccc(C(C)Nc2ccc(C)c(I)c2)c1. The minimum Gasteiger partial charge on any atom is -0.378 e. The van der Waals surface area contributed by atoms with E-state index in [4.69, 9.17) is 0 Å². The van der Waals surface area contributed by atoms with E-state index in [-0.39, 0.29) is 0 Å². The predicted molar refractivity (Wildman–Crippen MR) is 87.1 cm³/mol. The number of rotatable bonds is 3. The zero-order valence-electron chi connectivity index (χ0n) is 11.0. The maximum atomic E-state index is 3.55. The van der Waals surface area contributed by atoms with Crippen LogP contribution in [0.5, 0.6) is 0 Å². The molecule has 0 aliphatic heterocycles. The van der Waals surface area contributed by atoms with Crippen LogP contribution >= 0.6 is 22.6 Å². The van der Waals surface area contributed by atoms with E-state index in [1.807, 2.05) is 0 Å². The van der Waals surface area contributed by atoms with Crippen molar-refractivity contribution in [3.05, 3.63) is 62.7 Å². The summed E-state index contributed by atoms with van der Waals surface area (Å²) in [6.45, 7) is 6.46. The van der Waals surface area contributed by atoms with Crippen LogP contribution in [-0.4, -0.2) is 0 Å². The van der Waals surface area contributed by atoms with Gasteiger partial charge in [-0.25, -0.2) is 0 Å². The van der Waals surface area contributed by atoms with Crippen molar-refractivity contribution in [1.29, 1.82) is 0 Å². The molecule has 1 unspecified atom stereocenters. The highest BCUT2D eigenvalue weighted by molar-refractivity contribution is 14.1. The van der Waals surface area contributed by atoms with Gasteiger partial charge in [-0.3, -0.25) is 0 Å². The number of aryl methyl sites for hydroxylation is 2. The van der Waals surface area contributed by atoms with E-state index in [9.17, 15) is 0 Å². The van der Waals surface area contributed by atoms with Crippen LogP contribution in [-0.2, 0) is 0 Å². The van der Waals surface area contributed by atoms with Crippen molar-refractivity contribution in [2.75, 3.05) is 5.32 Å². The van der Waals surface area contributed by atoms with Crippen LogP contribution in [0.4, 0.5) is 5.69 Å². The van der Waals surface area contributed by atoms with Gasteiger partial charge in [-0.05, 0) is 66.6 Å². The Labute approximate surface area is 123 Å². The Balaban J connectivity index is 2.16. The maximum Gasteiger partial charge on any atom is 0.0485 e. The number of halogens is 1. The first-order valence-corrected chi connectivity index (χ1v) is 7.23. The molecule has 0 aliphatic carbocycles. The average Bonchev–Trinajstić information content (AvgIpc) is 2.34. The molecule has 0 aromatic heterocycles. The number of hydrogen-bond acceptors (Lipinski definition) is 1. The smallest absolute Gasteiger partial charge is 0.0485 e. The second kappa shape index (κ2) is 5.74. The second-order valence-electron chi connectivity index (χ2n) is 4.74. The molecule has 94 valence electrons. The minimum absolute atomic E-state index is 0.323. The van der Waals surface area contributed by atoms with Gasteiger partial charge in [0.2, 0.25) is 0 Å². The van der Waals surface area contributed by atoms with Crippen molar-refractivity contribution in [2.24, 2.45) is 0 Å². The molecule has 0 aliphatic rings. The zero-order chi connectivity index (χ0) is 13.1. The Bertz CT molecular complexity index is 549. The van der Waals surface area contributed by atoms with Gasteiger partial charge in [0.25, 0.3) is 0 Å². The van der Waals surface area contributed by atoms with Gasteiger partial charge in [0.15, 0.2) is 0 Å². The summed E-state index contributed by atoms with van der Waals surface area (Å²) < 4.78 is 1.30. The lowest BCUT2D eigenvalue weighted by atomic mass is 10.1. The molecular weight excluding hydrogens is 333 g/mol. The average molecular weight is 351 g/mol. The molecule has 0 radical (unpaired) electrons. The Morgan fingerprint density at radius 2 is 1.83 bits per heavy atom. The summed E-state index contributed by atoms with van der Waals surface area (Å²) in [5.74, 6) is 0. The van der Waals surface area contributed by atoms with E-state index < -0.39 is 0 Å². The van der Waals surface area contributed by atoms with Gasteiger partial charge in [0.05, 0.1) is 0 Å². The molecule has 0 saturated carbocycles. The highest BCUT2D eigenvalue weighted by Crippen LogP contribution is 2.22. The summed E-state index contributed by atoms with van der Waals surface area (Å²) in [7, 11) is 0. The van der Waals surface area contributed by atoms with Gasteiger partial charge in [0.1, 0.15) is 0 Å². The molecule has 2 heteroatoms. The highest BCUT2D eigenvalue weighted by atomic mass is 127. The molecule has 2 rings (SSSR count). The van der Waals surface area contributed by atoms with Gasteiger partial charge in [-0.1, -0.05) is 35.9 Å². The van der Waals surface area contributed by atoms with E-state index in [1.54, 1.807) is 0 Å². The molecule has 1 atom stereocenters. The summed E-state index contributed by atoms with van der Waals surface area (Å²) in [4.78, 5) is 0. The first-order valence-electron chi connectivity index (χ1n) is 6.15. The molecule has 2 aromatic carbocycles. The van der Waals surface area contributed by atoms with Gasteiger partial charge < -0.3 is 5.32 Å². The largest absolute Gasteiger partial charge is 0.378 e. The lowest BCUT2D eigenvalue weighted by molar-refractivity contribution is 0.882. The minimum atomic E-state index is 0.323. The van der Waals surface area contributed by atoms with Crippen LogP contribution in [0.1, 0.15) is 29.7 Å². The first kappa shape index (κ1) is 13.4. The molecule has 18 heavy (non-hydrogen) atoms. The quantitative estimate of drug-likeness (QED) is 0.761. The van der Waals surface area contributed by atoms with Crippen molar-refractivity contribution < 1.29 is 0 Å². The summed E-state index contributed by atoms with van der Waals surface area (Å²) in [6.07, 6.45) is 0.